The first-order chi connectivity index (χ1) is 12.8. The smallest absolute Gasteiger partial charge is 1.00 e. The number of ether oxygens (including phenoxy) is 1. The molecule has 4 nitrogen and oxygen atoms in total. The third kappa shape index (κ3) is 20.8. The average Bonchev–Trinajstić information content (AvgIpc) is 2.65. The van der Waals surface area contributed by atoms with Crippen molar-refractivity contribution >= 4 is 12.3 Å². The zero-order chi connectivity index (χ0) is 19.3. The van der Waals surface area contributed by atoms with Crippen LogP contribution in [-0.4, -0.2) is 18.9 Å². The summed E-state index contributed by atoms with van der Waals surface area (Å²) in [5.74, 6) is -1.99. The average molecular weight is 406 g/mol. The minimum atomic E-state index is -1.27. The third-order valence-corrected chi connectivity index (χ3v) is 4.77. The summed E-state index contributed by atoms with van der Waals surface area (Å²) in [4.78, 5) is 21.7. The van der Waals surface area contributed by atoms with Crippen molar-refractivity contribution in [3.05, 3.63) is 0 Å². The zero-order valence-electron chi connectivity index (χ0n) is 18.8. The summed E-state index contributed by atoms with van der Waals surface area (Å²) in [5.41, 5.74) is 0. The summed E-state index contributed by atoms with van der Waals surface area (Å²) in [6.45, 7) is 2.57. The minimum Gasteiger partial charge on any atom is -1.00 e. The Hall–Kier alpha value is 0.266. The van der Waals surface area contributed by atoms with Gasteiger partial charge in [0, 0.05) is 0 Å². The summed E-state index contributed by atoms with van der Waals surface area (Å²) in [6, 6.07) is 1.62. The topological polar surface area (TPSA) is 67.2 Å². The van der Waals surface area contributed by atoms with E-state index in [4.69, 9.17) is 10.00 Å². The maximum absolute atomic E-state index is 11.3. The quantitative estimate of drug-likeness (QED) is 0.109. The van der Waals surface area contributed by atoms with E-state index in [2.05, 4.69) is 6.92 Å². The van der Waals surface area contributed by atoms with E-state index in [1.807, 2.05) is 0 Å². The van der Waals surface area contributed by atoms with Crippen LogP contribution in [0.5, 0.6) is 0 Å². The Kier molecular flexibility index (Phi) is 26.5. The second kappa shape index (κ2) is 24.3. The number of hydrogen-bond acceptors (Lipinski definition) is 4. The maximum atomic E-state index is 11.3. The second-order valence-electron chi connectivity index (χ2n) is 7.21. The van der Waals surface area contributed by atoms with Crippen molar-refractivity contribution in [1.29, 1.82) is 5.26 Å². The third-order valence-electron chi connectivity index (χ3n) is 4.77. The summed E-state index contributed by atoms with van der Waals surface area (Å²) in [6.07, 6.45) is 21.1. The molecule has 0 saturated carbocycles. The molecule has 0 amide bonds. The number of hydrogen-bond donors (Lipinski definition) is 0. The Morgan fingerprint density at radius 2 is 1.22 bits per heavy atom. The van der Waals surface area contributed by atoms with Gasteiger partial charge in [-0.2, -0.15) is 5.26 Å². The van der Waals surface area contributed by atoms with E-state index in [1.165, 1.54) is 83.5 Å². The van der Waals surface area contributed by atoms with E-state index < -0.39 is 11.9 Å². The van der Waals surface area contributed by atoms with E-state index in [0.29, 0.717) is 12.9 Å². The molecule has 0 radical (unpaired) electrons. The molecular weight excluding hydrogens is 365 g/mol. The predicted molar refractivity (Wildman–Crippen MR) is 107 cm³/mol. The molecule has 0 rings (SSSR count). The van der Waals surface area contributed by atoms with Gasteiger partial charge in [-0.25, -0.2) is 0 Å². The van der Waals surface area contributed by atoms with Crippen molar-refractivity contribution in [2.24, 2.45) is 5.92 Å². The fourth-order valence-electron chi connectivity index (χ4n) is 3.05. The molecule has 0 saturated heterocycles. The molecule has 1 unspecified atom stereocenters. The largest absolute Gasteiger partial charge is 1.00 e. The van der Waals surface area contributed by atoms with Crippen molar-refractivity contribution in [1.82, 2.24) is 0 Å². The van der Waals surface area contributed by atoms with Crippen LogP contribution in [-0.2, 0) is 14.3 Å². The molecule has 0 aromatic heterocycles. The van der Waals surface area contributed by atoms with Crippen LogP contribution in [0.15, 0.2) is 0 Å². The Morgan fingerprint density at radius 1 is 0.852 bits per heavy atom. The number of carbonyl (C=O) groups is 2. The van der Waals surface area contributed by atoms with Gasteiger partial charge in [-0.15, -0.1) is 0 Å². The number of rotatable bonds is 19. The van der Waals surface area contributed by atoms with Gasteiger partial charge in [-0.1, -0.05) is 103 Å². The number of esters is 1. The number of aldehydes is 1. The van der Waals surface area contributed by atoms with Gasteiger partial charge in [0.15, 0.2) is 5.92 Å². The van der Waals surface area contributed by atoms with E-state index in [-0.39, 0.29) is 52.8 Å². The number of nitriles is 1. The Morgan fingerprint density at radius 3 is 1.56 bits per heavy atom. The van der Waals surface area contributed by atoms with Crippen molar-refractivity contribution in [3.8, 4) is 6.07 Å². The molecule has 1 atom stereocenters. The van der Waals surface area contributed by atoms with Gasteiger partial charge in [0.2, 0.25) is 0 Å². The van der Waals surface area contributed by atoms with Crippen LogP contribution in [0.4, 0.5) is 0 Å². The van der Waals surface area contributed by atoms with Crippen molar-refractivity contribution in [2.45, 2.75) is 110 Å². The molecule has 0 aliphatic heterocycles. The van der Waals surface area contributed by atoms with Crippen LogP contribution in [0.25, 0.3) is 0 Å². The summed E-state index contributed by atoms with van der Waals surface area (Å²) in [5, 5.41) is 8.56. The normalized spacial score (nSPS) is 11.3. The molecule has 0 aromatic rings. The first-order valence-corrected chi connectivity index (χ1v) is 10.8. The first kappa shape index (κ1) is 29.5. The van der Waals surface area contributed by atoms with E-state index in [0.717, 1.165) is 19.3 Å². The van der Waals surface area contributed by atoms with Crippen LogP contribution >= 0.6 is 0 Å². The first-order valence-electron chi connectivity index (χ1n) is 10.8. The molecule has 27 heavy (non-hydrogen) atoms. The van der Waals surface area contributed by atoms with Crippen LogP contribution in [0.2, 0.25) is 0 Å². The predicted octanol–water partition coefficient (Wildman–Crippen LogP) is 3.25. The second-order valence-corrected chi connectivity index (χ2v) is 7.21. The van der Waals surface area contributed by atoms with Crippen LogP contribution in [0.1, 0.15) is 111 Å². The van der Waals surface area contributed by atoms with Crippen LogP contribution < -0.4 is 51.4 Å². The van der Waals surface area contributed by atoms with Gasteiger partial charge in [-0.05, 0) is 6.42 Å². The number of nitrogens with zero attached hydrogens (tertiary/aromatic N) is 1. The van der Waals surface area contributed by atoms with Gasteiger partial charge < -0.3 is 11.0 Å². The molecular formula is C22H40KNO3. The van der Waals surface area contributed by atoms with Gasteiger partial charge in [0.25, 0.3) is 0 Å². The fraction of sp³-hybridized carbons (Fsp3) is 0.864. The fourth-order valence-corrected chi connectivity index (χ4v) is 3.05. The Labute approximate surface area is 211 Å². The molecule has 0 aliphatic carbocycles. The van der Waals surface area contributed by atoms with Gasteiger partial charge in [0.05, 0.1) is 12.7 Å². The summed E-state index contributed by atoms with van der Waals surface area (Å²) >= 11 is 0. The van der Waals surface area contributed by atoms with E-state index in [1.54, 1.807) is 6.07 Å². The molecule has 0 heterocycles. The molecule has 0 spiro atoms. The standard InChI is InChI=1S/C22H39NO3.K.H/c1-2-3-4-5-6-7-8-9-10-11-12-13-14-15-16-17-18-26-22(25)21(19-23)20-24;;/h20-21H,2-18H2,1H3;;/q;+1;-1. The van der Waals surface area contributed by atoms with Gasteiger partial charge in [0.1, 0.15) is 6.29 Å². The van der Waals surface area contributed by atoms with Crippen molar-refractivity contribution in [3.63, 3.8) is 0 Å². The maximum Gasteiger partial charge on any atom is 1.00 e. The monoisotopic (exact) mass is 405 g/mol. The number of carbonyl (C=O) groups excluding carboxylic acids is 2. The minimum absolute atomic E-state index is 0. The summed E-state index contributed by atoms with van der Waals surface area (Å²) < 4.78 is 4.91. The SMILES string of the molecule is CCCCCCCCCCCCCCCCCCOC(=O)C(C#N)C=O.[H-].[K+]. The Balaban J connectivity index is -0.00000312. The van der Waals surface area contributed by atoms with Crippen LogP contribution in [0.3, 0.4) is 0 Å². The van der Waals surface area contributed by atoms with Gasteiger partial charge >= 0.3 is 57.4 Å². The molecule has 0 fully saturated rings. The van der Waals surface area contributed by atoms with Gasteiger partial charge in [-0.3, -0.25) is 4.79 Å². The van der Waals surface area contributed by atoms with Crippen molar-refractivity contribution < 1.29 is 67.1 Å². The Bertz CT molecular complexity index is 388. The number of unbranched alkanes of at least 4 members (excludes halogenated alkanes) is 15. The van der Waals surface area contributed by atoms with Crippen LogP contribution in [0, 0.1) is 17.2 Å². The van der Waals surface area contributed by atoms with Crippen molar-refractivity contribution in [2.75, 3.05) is 6.61 Å². The zero-order valence-corrected chi connectivity index (χ0v) is 21.0. The molecule has 152 valence electrons. The molecule has 0 N–H and O–H groups in total. The molecule has 0 aliphatic rings. The summed E-state index contributed by atoms with van der Waals surface area (Å²) in [7, 11) is 0. The molecule has 5 heteroatoms. The van der Waals surface area contributed by atoms with E-state index >= 15 is 0 Å². The molecule has 0 aromatic carbocycles. The van der Waals surface area contributed by atoms with E-state index in [9.17, 15) is 9.59 Å². The molecule has 0 bridgehead atoms.